The smallest absolute Gasteiger partial charge is 0.237 e. The van der Waals surface area contributed by atoms with Gasteiger partial charge in [0.15, 0.2) is 0 Å². The van der Waals surface area contributed by atoms with Crippen molar-refractivity contribution >= 4 is 11.8 Å². The van der Waals surface area contributed by atoms with Gasteiger partial charge >= 0.3 is 0 Å². The molecule has 6 heteroatoms. The lowest BCUT2D eigenvalue weighted by atomic mass is 9.98. The largest absolute Gasteiger partial charge is 0.356 e. The molecule has 2 amide bonds. The van der Waals surface area contributed by atoms with E-state index >= 15 is 0 Å². The molecule has 0 saturated carbocycles. The van der Waals surface area contributed by atoms with Crippen LogP contribution in [0.5, 0.6) is 0 Å². The lowest BCUT2D eigenvalue weighted by Crippen LogP contribution is -2.46. The summed E-state index contributed by atoms with van der Waals surface area (Å²) in [6.07, 6.45) is 1.64. The van der Waals surface area contributed by atoms with Crippen molar-refractivity contribution in [1.82, 2.24) is 10.6 Å². The normalized spacial score (nSPS) is 21.6. The average molecular weight is 266 g/mol. The number of nitrogens with zero attached hydrogens (tertiary/aromatic N) is 1. The maximum atomic E-state index is 11.8. The second-order valence-electron chi connectivity index (χ2n) is 5.44. The molecular weight excluding hydrogens is 244 g/mol. The van der Waals surface area contributed by atoms with E-state index in [0.717, 1.165) is 0 Å². The van der Waals surface area contributed by atoms with E-state index in [9.17, 15) is 9.59 Å². The van der Waals surface area contributed by atoms with E-state index < -0.39 is 12.1 Å². The van der Waals surface area contributed by atoms with Crippen LogP contribution in [0, 0.1) is 23.2 Å². The molecule has 0 aromatic rings. The Morgan fingerprint density at radius 1 is 1.63 bits per heavy atom. The second-order valence-corrected chi connectivity index (χ2v) is 5.44. The van der Waals surface area contributed by atoms with Gasteiger partial charge in [0.05, 0.1) is 12.1 Å². The van der Waals surface area contributed by atoms with Crippen molar-refractivity contribution in [3.63, 3.8) is 0 Å². The molecule has 0 aliphatic carbocycles. The van der Waals surface area contributed by atoms with E-state index in [2.05, 4.69) is 10.6 Å². The second kappa shape index (κ2) is 7.10. The molecule has 1 heterocycles. The van der Waals surface area contributed by atoms with Gasteiger partial charge in [-0.05, 0) is 25.2 Å². The highest BCUT2D eigenvalue weighted by atomic mass is 16.2. The van der Waals surface area contributed by atoms with Crippen molar-refractivity contribution in [1.29, 1.82) is 5.26 Å². The quantitative estimate of drug-likeness (QED) is 0.623. The molecule has 1 saturated heterocycles. The third-order valence-electron chi connectivity index (χ3n) is 3.22. The Hall–Kier alpha value is -1.61. The fourth-order valence-electron chi connectivity index (χ4n) is 2.19. The summed E-state index contributed by atoms with van der Waals surface area (Å²) in [7, 11) is 0. The number of nitriles is 1. The van der Waals surface area contributed by atoms with Gasteiger partial charge in [-0.3, -0.25) is 9.59 Å². The topological polar surface area (TPSA) is 108 Å². The van der Waals surface area contributed by atoms with Crippen LogP contribution in [-0.2, 0) is 9.59 Å². The molecule has 3 atom stereocenters. The predicted octanol–water partition coefficient (Wildman–Crippen LogP) is -0.106. The zero-order valence-corrected chi connectivity index (χ0v) is 11.5. The first-order valence-corrected chi connectivity index (χ1v) is 6.67. The lowest BCUT2D eigenvalue weighted by Gasteiger charge is -2.18. The van der Waals surface area contributed by atoms with Crippen LogP contribution < -0.4 is 16.4 Å². The van der Waals surface area contributed by atoms with Gasteiger partial charge < -0.3 is 16.4 Å². The summed E-state index contributed by atoms with van der Waals surface area (Å²) < 4.78 is 0. The van der Waals surface area contributed by atoms with Crippen LogP contribution >= 0.6 is 0 Å². The van der Waals surface area contributed by atoms with E-state index in [1.54, 1.807) is 0 Å². The average Bonchev–Trinajstić information content (AvgIpc) is 2.73. The molecule has 4 N–H and O–H groups in total. The summed E-state index contributed by atoms with van der Waals surface area (Å²) in [5.41, 5.74) is 5.76. The van der Waals surface area contributed by atoms with Crippen molar-refractivity contribution in [2.75, 3.05) is 6.54 Å². The molecule has 0 aromatic heterocycles. The van der Waals surface area contributed by atoms with E-state index in [1.165, 1.54) is 0 Å². The van der Waals surface area contributed by atoms with Gasteiger partial charge in [-0.15, -0.1) is 0 Å². The van der Waals surface area contributed by atoms with Crippen LogP contribution in [0.4, 0.5) is 0 Å². The van der Waals surface area contributed by atoms with E-state index in [1.807, 2.05) is 19.9 Å². The van der Waals surface area contributed by atoms with Crippen molar-refractivity contribution < 1.29 is 9.59 Å². The zero-order valence-electron chi connectivity index (χ0n) is 11.5. The SMILES string of the molecule is CC(C)C[C@H](N)C(=O)N[C@H](C#N)C[C@@H]1CCNC1=O. The minimum absolute atomic E-state index is 0.0408. The molecule has 6 nitrogen and oxygen atoms in total. The third-order valence-corrected chi connectivity index (χ3v) is 3.22. The zero-order chi connectivity index (χ0) is 14.4. The van der Waals surface area contributed by atoms with E-state index in [4.69, 9.17) is 11.0 Å². The number of carbonyl (C=O) groups is 2. The summed E-state index contributed by atoms with van der Waals surface area (Å²) in [4.78, 5) is 23.2. The van der Waals surface area contributed by atoms with Crippen LogP contribution in [0.15, 0.2) is 0 Å². The van der Waals surface area contributed by atoms with Crippen molar-refractivity contribution in [3.8, 4) is 6.07 Å². The molecule has 1 rings (SSSR count). The highest BCUT2D eigenvalue weighted by Crippen LogP contribution is 2.16. The number of amides is 2. The fourth-order valence-corrected chi connectivity index (χ4v) is 2.19. The monoisotopic (exact) mass is 266 g/mol. The number of rotatable bonds is 6. The van der Waals surface area contributed by atoms with Crippen LogP contribution in [0.2, 0.25) is 0 Å². The molecule has 0 unspecified atom stereocenters. The first kappa shape index (κ1) is 15.4. The maximum absolute atomic E-state index is 11.8. The Balaban J connectivity index is 2.46. The third kappa shape index (κ3) is 4.87. The van der Waals surface area contributed by atoms with Gasteiger partial charge in [0.25, 0.3) is 0 Å². The van der Waals surface area contributed by atoms with E-state index in [0.29, 0.717) is 31.7 Å². The summed E-state index contributed by atoms with van der Waals surface area (Å²) in [5, 5.41) is 14.4. The van der Waals surface area contributed by atoms with Gasteiger partial charge in [0.2, 0.25) is 11.8 Å². The first-order valence-electron chi connectivity index (χ1n) is 6.67. The molecule has 1 aliphatic heterocycles. The Bertz CT molecular complexity index is 375. The number of hydrogen-bond donors (Lipinski definition) is 3. The van der Waals surface area contributed by atoms with Gasteiger partial charge in [0.1, 0.15) is 6.04 Å². The van der Waals surface area contributed by atoms with Gasteiger partial charge in [-0.2, -0.15) is 5.26 Å². The number of hydrogen-bond acceptors (Lipinski definition) is 4. The van der Waals surface area contributed by atoms with Crippen LogP contribution in [-0.4, -0.2) is 30.4 Å². The minimum atomic E-state index is -0.653. The molecule has 1 fully saturated rings. The van der Waals surface area contributed by atoms with Crippen LogP contribution in [0.25, 0.3) is 0 Å². The molecule has 0 aromatic carbocycles. The Morgan fingerprint density at radius 3 is 2.79 bits per heavy atom. The standard InChI is InChI=1S/C13H22N4O2/c1-8(2)5-11(15)13(19)17-10(7-14)6-9-3-4-16-12(9)18/h8-11H,3-6,15H2,1-2H3,(H,16,18)(H,17,19)/t9-,10-,11-/m0/s1. The lowest BCUT2D eigenvalue weighted by molar-refractivity contribution is -0.125. The van der Waals surface area contributed by atoms with Gasteiger partial charge in [0, 0.05) is 12.5 Å². The summed E-state index contributed by atoms with van der Waals surface area (Å²) in [6, 6.07) is 0.764. The summed E-state index contributed by atoms with van der Waals surface area (Å²) >= 11 is 0. The minimum Gasteiger partial charge on any atom is -0.356 e. The Kier molecular flexibility index (Phi) is 5.77. The Morgan fingerprint density at radius 2 is 2.32 bits per heavy atom. The molecule has 0 bridgehead atoms. The van der Waals surface area contributed by atoms with Crippen molar-refractivity contribution in [2.24, 2.45) is 17.6 Å². The van der Waals surface area contributed by atoms with Crippen molar-refractivity contribution in [3.05, 3.63) is 0 Å². The predicted molar refractivity (Wildman–Crippen MR) is 70.7 cm³/mol. The maximum Gasteiger partial charge on any atom is 0.237 e. The highest BCUT2D eigenvalue weighted by Gasteiger charge is 2.28. The van der Waals surface area contributed by atoms with Crippen LogP contribution in [0.1, 0.15) is 33.1 Å². The molecular formula is C13H22N4O2. The van der Waals surface area contributed by atoms with E-state index in [-0.39, 0.29) is 17.7 Å². The van der Waals surface area contributed by atoms with Gasteiger partial charge in [-0.25, -0.2) is 0 Å². The molecule has 19 heavy (non-hydrogen) atoms. The van der Waals surface area contributed by atoms with Gasteiger partial charge in [-0.1, -0.05) is 13.8 Å². The fraction of sp³-hybridized carbons (Fsp3) is 0.769. The number of nitrogens with one attached hydrogen (secondary N) is 2. The van der Waals surface area contributed by atoms with Crippen molar-refractivity contribution in [2.45, 2.75) is 45.2 Å². The molecule has 0 spiro atoms. The van der Waals surface area contributed by atoms with Crippen LogP contribution in [0.3, 0.4) is 0 Å². The molecule has 106 valence electrons. The highest BCUT2D eigenvalue weighted by molar-refractivity contribution is 5.83. The summed E-state index contributed by atoms with van der Waals surface area (Å²) in [5.74, 6) is -0.229. The number of nitrogens with two attached hydrogens (primary N) is 1. The first-order chi connectivity index (χ1) is 8.93. The summed E-state index contributed by atoms with van der Waals surface area (Å²) in [6.45, 7) is 4.61. The number of carbonyl (C=O) groups excluding carboxylic acids is 2. The molecule has 0 radical (unpaired) electrons. The molecule has 1 aliphatic rings. The Labute approximate surface area is 113 Å².